The molecule has 29 heavy (non-hydrogen) atoms. The van der Waals surface area contributed by atoms with E-state index in [1.165, 1.54) is 5.56 Å². The Bertz CT molecular complexity index is 880. The van der Waals surface area contributed by atoms with Gasteiger partial charge in [-0.05, 0) is 38.3 Å². The molecule has 0 radical (unpaired) electrons. The van der Waals surface area contributed by atoms with Gasteiger partial charge in [-0.15, -0.1) is 0 Å². The molecule has 0 aliphatic carbocycles. The number of aromatic nitrogens is 2. The summed E-state index contributed by atoms with van der Waals surface area (Å²) in [5, 5.41) is 7.46. The molecule has 0 saturated carbocycles. The molecule has 3 aliphatic heterocycles. The Morgan fingerprint density at radius 3 is 2.93 bits per heavy atom. The van der Waals surface area contributed by atoms with Crippen LogP contribution in [0.5, 0.6) is 0 Å². The largest absolute Gasteiger partial charge is 0.370 e. The van der Waals surface area contributed by atoms with Crippen molar-refractivity contribution >= 4 is 5.91 Å². The molecule has 4 heterocycles. The van der Waals surface area contributed by atoms with Gasteiger partial charge in [0.25, 0.3) is 5.91 Å². The zero-order valence-electron chi connectivity index (χ0n) is 17.3. The number of likely N-dealkylation sites (tertiary alicyclic amines) is 1. The lowest BCUT2D eigenvalue weighted by Crippen LogP contribution is -2.42. The summed E-state index contributed by atoms with van der Waals surface area (Å²) in [6.45, 7) is 7.79. The molecule has 4 atom stereocenters. The number of nitrogens with one attached hydrogen (secondary N) is 1. The normalized spacial score (nSPS) is 30.8. The zero-order chi connectivity index (χ0) is 20.0. The minimum atomic E-state index is -0.0350. The van der Waals surface area contributed by atoms with Gasteiger partial charge in [-0.3, -0.25) is 14.4 Å². The van der Waals surface area contributed by atoms with Crippen molar-refractivity contribution < 1.29 is 9.53 Å². The second-order valence-electron chi connectivity index (χ2n) is 9.15. The number of hydrogen-bond donors (Lipinski definition) is 1. The molecule has 3 saturated heterocycles. The number of ether oxygens (including phenoxy) is 1. The standard InChI is InChI=1S/C23H30N4O2/c1-16(2)27-20(9-11-25-27)22(28)24-12-18-19-14-26(13-17-6-4-3-5-7-17)15-23(19)10-8-21(18)29-23/h3-7,9,11,16,18-19,21H,8,10,12-15H2,1-2H3,(H,24,28)/t18-,19+,21+,23+/m0/s1. The summed E-state index contributed by atoms with van der Waals surface area (Å²) in [7, 11) is 0. The lowest BCUT2D eigenvalue weighted by atomic mass is 9.73. The summed E-state index contributed by atoms with van der Waals surface area (Å²) in [4.78, 5) is 15.3. The summed E-state index contributed by atoms with van der Waals surface area (Å²) in [5.74, 6) is 0.858. The Labute approximate surface area is 172 Å². The van der Waals surface area contributed by atoms with Crippen LogP contribution in [-0.4, -0.2) is 51.9 Å². The quantitative estimate of drug-likeness (QED) is 0.819. The third-order valence-electron chi connectivity index (χ3n) is 6.99. The number of rotatable bonds is 6. The van der Waals surface area contributed by atoms with Crippen molar-refractivity contribution in [2.75, 3.05) is 19.6 Å². The van der Waals surface area contributed by atoms with Crippen molar-refractivity contribution in [3.8, 4) is 0 Å². The van der Waals surface area contributed by atoms with E-state index >= 15 is 0 Å². The van der Waals surface area contributed by atoms with Crippen LogP contribution in [0, 0.1) is 11.8 Å². The van der Waals surface area contributed by atoms with Gasteiger partial charge in [0.2, 0.25) is 0 Å². The zero-order valence-corrected chi connectivity index (χ0v) is 17.3. The van der Waals surface area contributed by atoms with Crippen LogP contribution in [0.4, 0.5) is 0 Å². The Morgan fingerprint density at radius 1 is 1.31 bits per heavy atom. The van der Waals surface area contributed by atoms with Crippen LogP contribution in [-0.2, 0) is 11.3 Å². The van der Waals surface area contributed by atoms with Gasteiger partial charge in [-0.25, -0.2) is 0 Å². The molecule has 5 rings (SSSR count). The average molecular weight is 395 g/mol. The fraction of sp³-hybridized carbons (Fsp3) is 0.565. The average Bonchev–Trinajstić information content (AvgIpc) is 3.46. The van der Waals surface area contributed by atoms with Gasteiger partial charge in [0.05, 0.1) is 11.7 Å². The Morgan fingerprint density at radius 2 is 2.14 bits per heavy atom. The van der Waals surface area contributed by atoms with Gasteiger partial charge in [-0.1, -0.05) is 30.3 Å². The van der Waals surface area contributed by atoms with Crippen molar-refractivity contribution in [2.45, 2.75) is 51.0 Å². The number of fused-ring (bicyclic) bond motifs is 1. The monoisotopic (exact) mass is 394 g/mol. The Balaban J connectivity index is 1.25. The molecular formula is C23H30N4O2. The van der Waals surface area contributed by atoms with Crippen molar-refractivity contribution in [1.82, 2.24) is 20.0 Å². The molecule has 3 fully saturated rings. The van der Waals surface area contributed by atoms with E-state index in [0.29, 0.717) is 24.1 Å². The molecule has 1 amide bonds. The highest BCUT2D eigenvalue weighted by atomic mass is 16.5. The van der Waals surface area contributed by atoms with Crippen LogP contribution < -0.4 is 5.32 Å². The van der Waals surface area contributed by atoms with Gasteiger partial charge in [0, 0.05) is 50.3 Å². The maximum atomic E-state index is 12.8. The molecule has 1 aromatic carbocycles. The first-order valence-electron chi connectivity index (χ1n) is 10.8. The van der Waals surface area contributed by atoms with Crippen LogP contribution in [0.1, 0.15) is 48.8 Å². The SMILES string of the molecule is CC(C)n1nccc1C(=O)NC[C@H]1[C@H]2CN(Cc3ccccc3)C[C@]23CC[C@H]1O3. The fourth-order valence-corrected chi connectivity index (χ4v) is 5.73. The molecular weight excluding hydrogens is 364 g/mol. The number of benzene rings is 1. The maximum absolute atomic E-state index is 12.8. The van der Waals surface area contributed by atoms with Crippen molar-refractivity contribution in [2.24, 2.45) is 11.8 Å². The number of nitrogens with zero attached hydrogens (tertiary/aromatic N) is 3. The van der Waals surface area contributed by atoms with E-state index in [1.807, 2.05) is 13.8 Å². The summed E-state index contributed by atoms with van der Waals surface area (Å²) < 4.78 is 8.32. The lowest BCUT2D eigenvalue weighted by Gasteiger charge is -2.29. The van der Waals surface area contributed by atoms with Crippen LogP contribution in [0.3, 0.4) is 0 Å². The van der Waals surface area contributed by atoms with E-state index in [-0.39, 0.29) is 23.7 Å². The second-order valence-corrected chi connectivity index (χ2v) is 9.15. The van der Waals surface area contributed by atoms with Gasteiger partial charge in [-0.2, -0.15) is 5.10 Å². The third-order valence-corrected chi connectivity index (χ3v) is 6.99. The molecule has 6 heteroatoms. The van der Waals surface area contributed by atoms with E-state index in [4.69, 9.17) is 4.74 Å². The minimum Gasteiger partial charge on any atom is -0.370 e. The van der Waals surface area contributed by atoms with E-state index in [0.717, 1.165) is 32.5 Å². The van der Waals surface area contributed by atoms with Crippen LogP contribution >= 0.6 is 0 Å². The summed E-state index contributed by atoms with van der Waals surface area (Å²) in [6, 6.07) is 12.6. The molecule has 1 aromatic heterocycles. The molecule has 0 unspecified atom stereocenters. The third kappa shape index (κ3) is 3.28. The predicted molar refractivity (Wildman–Crippen MR) is 110 cm³/mol. The van der Waals surface area contributed by atoms with Gasteiger partial charge in [0.15, 0.2) is 0 Å². The van der Waals surface area contributed by atoms with Gasteiger partial charge >= 0.3 is 0 Å². The van der Waals surface area contributed by atoms with Crippen molar-refractivity contribution in [1.29, 1.82) is 0 Å². The van der Waals surface area contributed by atoms with Gasteiger partial charge < -0.3 is 10.1 Å². The summed E-state index contributed by atoms with van der Waals surface area (Å²) >= 11 is 0. The Kier molecular flexibility index (Phi) is 4.71. The number of hydrogen-bond acceptors (Lipinski definition) is 4. The van der Waals surface area contributed by atoms with Crippen LogP contribution in [0.15, 0.2) is 42.6 Å². The van der Waals surface area contributed by atoms with E-state index in [9.17, 15) is 4.79 Å². The lowest BCUT2D eigenvalue weighted by molar-refractivity contribution is 0.00212. The Hall–Kier alpha value is -2.18. The minimum absolute atomic E-state index is 0.00541. The second kappa shape index (κ2) is 7.26. The topological polar surface area (TPSA) is 59.4 Å². The maximum Gasteiger partial charge on any atom is 0.269 e. The van der Waals surface area contributed by atoms with E-state index in [1.54, 1.807) is 16.9 Å². The van der Waals surface area contributed by atoms with E-state index < -0.39 is 0 Å². The molecule has 6 nitrogen and oxygen atoms in total. The number of carbonyl (C=O) groups excluding carboxylic acids is 1. The first-order chi connectivity index (χ1) is 14.1. The highest BCUT2D eigenvalue weighted by Gasteiger charge is 2.62. The molecule has 1 spiro atoms. The molecule has 1 N–H and O–H groups in total. The number of amides is 1. The summed E-state index contributed by atoms with van der Waals surface area (Å²) in [6.07, 6.45) is 4.25. The van der Waals surface area contributed by atoms with Crippen molar-refractivity contribution in [3.05, 3.63) is 53.9 Å². The van der Waals surface area contributed by atoms with E-state index in [2.05, 4.69) is 45.6 Å². The predicted octanol–water partition coefficient (Wildman–Crippen LogP) is 2.87. The van der Waals surface area contributed by atoms with Crippen molar-refractivity contribution in [3.63, 3.8) is 0 Å². The highest BCUT2D eigenvalue weighted by Crippen LogP contribution is 2.54. The highest BCUT2D eigenvalue weighted by molar-refractivity contribution is 5.92. The smallest absolute Gasteiger partial charge is 0.269 e. The molecule has 154 valence electrons. The molecule has 2 bridgehead atoms. The molecule has 2 aromatic rings. The first kappa shape index (κ1) is 18.8. The van der Waals surface area contributed by atoms with Crippen LogP contribution in [0.2, 0.25) is 0 Å². The van der Waals surface area contributed by atoms with Crippen LogP contribution in [0.25, 0.3) is 0 Å². The summed E-state index contributed by atoms with van der Waals surface area (Å²) in [5.41, 5.74) is 1.98. The molecule has 3 aliphatic rings. The van der Waals surface area contributed by atoms with Gasteiger partial charge in [0.1, 0.15) is 5.69 Å². The first-order valence-corrected chi connectivity index (χ1v) is 10.8. The fourth-order valence-electron chi connectivity index (χ4n) is 5.73. The number of carbonyl (C=O) groups is 1.